The van der Waals surface area contributed by atoms with Gasteiger partial charge in [0.25, 0.3) is 5.91 Å². The van der Waals surface area contributed by atoms with Gasteiger partial charge in [-0.1, -0.05) is 55.5 Å². The second-order valence-corrected chi connectivity index (χ2v) is 6.82. The minimum atomic E-state index is -0.401. The van der Waals surface area contributed by atoms with E-state index >= 15 is 0 Å². The van der Waals surface area contributed by atoms with Gasteiger partial charge >= 0.3 is 5.97 Å². The van der Waals surface area contributed by atoms with E-state index in [9.17, 15) is 9.59 Å². The van der Waals surface area contributed by atoms with Crippen LogP contribution in [0, 0.1) is 13.8 Å². The number of carbonyl (C=O) groups is 2. The molecular weight excluding hydrogens is 366 g/mol. The summed E-state index contributed by atoms with van der Waals surface area (Å²) in [6.45, 7) is 5.30. The standard InChI is InChI=1S/C23H25N3O3/c1-4-20(18-11-7-5-8-12-18)23(28)29-15-21(27)24-22-16(2)25-26(17(22)3)19-13-9-6-10-14-19/h5-14,20H,4,15H2,1-3H3,(H,24,27)/t20-/m0/s1. The Balaban J connectivity index is 1.64. The molecule has 0 radical (unpaired) electrons. The largest absolute Gasteiger partial charge is 0.455 e. The Labute approximate surface area is 170 Å². The van der Waals surface area contributed by atoms with E-state index in [4.69, 9.17) is 4.74 Å². The van der Waals surface area contributed by atoms with E-state index in [1.807, 2.05) is 81.4 Å². The highest BCUT2D eigenvalue weighted by Gasteiger charge is 2.22. The molecule has 1 N–H and O–H groups in total. The lowest BCUT2D eigenvalue weighted by atomic mass is 9.97. The number of carbonyl (C=O) groups excluding carboxylic acids is 2. The lowest BCUT2D eigenvalue weighted by molar-refractivity contribution is -0.149. The van der Waals surface area contributed by atoms with Crippen molar-refractivity contribution in [2.75, 3.05) is 11.9 Å². The molecule has 6 nitrogen and oxygen atoms in total. The van der Waals surface area contributed by atoms with E-state index in [0.717, 1.165) is 16.9 Å². The van der Waals surface area contributed by atoms with Crippen LogP contribution in [0.4, 0.5) is 5.69 Å². The molecule has 0 unspecified atom stereocenters. The molecular formula is C23H25N3O3. The van der Waals surface area contributed by atoms with E-state index in [-0.39, 0.29) is 18.4 Å². The van der Waals surface area contributed by atoms with Crippen molar-refractivity contribution in [2.24, 2.45) is 0 Å². The number of hydrogen-bond acceptors (Lipinski definition) is 4. The molecule has 2 aromatic carbocycles. The molecule has 0 spiro atoms. The van der Waals surface area contributed by atoms with Crippen LogP contribution in [-0.2, 0) is 14.3 Å². The van der Waals surface area contributed by atoms with E-state index < -0.39 is 5.97 Å². The van der Waals surface area contributed by atoms with Gasteiger partial charge < -0.3 is 10.1 Å². The first-order valence-electron chi connectivity index (χ1n) is 9.64. The summed E-state index contributed by atoms with van der Waals surface area (Å²) in [5.74, 6) is -1.17. The van der Waals surface area contributed by atoms with Gasteiger partial charge in [-0.05, 0) is 38.0 Å². The first kappa shape index (κ1) is 20.3. The van der Waals surface area contributed by atoms with Gasteiger partial charge in [0.15, 0.2) is 6.61 Å². The van der Waals surface area contributed by atoms with Gasteiger partial charge in [0.1, 0.15) is 0 Å². The number of rotatable bonds is 7. The second-order valence-electron chi connectivity index (χ2n) is 6.82. The SMILES string of the molecule is CC[C@H](C(=O)OCC(=O)Nc1c(C)nn(-c2ccccc2)c1C)c1ccccc1. The third kappa shape index (κ3) is 4.71. The van der Waals surface area contributed by atoms with Gasteiger partial charge in [0.2, 0.25) is 0 Å². The van der Waals surface area contributed by atoms with Gasteiger partial charge in [-0.25, -0.2) is 4.68 Å². The van der Waals surface area contributed by atoms with Gasteiger partial charge in [0.05, 0.1) is 28.7 Å². The molecule has 0 aliphatic rings. The molecule has 3 rings (SSSR count). The Morgan fingerprint density at radius 3 is 2.28 bits per heavy atom. The molecule has 1 aromatic heterocycles. The zero-order chi connectivity index (χ0) is 20.8. The molecule has 0 saturated carbocycles. The molecule has 29 heavy (non-hydrogen) atoms. The summed E-state index contributed by atoms with van der Waals surface area (Å²) in [6, 6.07) is 19.1. The van der Waals surface area contributed by atoms with Crippen molar-refractivity contribution in [3.05, 3.63) is 77.6 Å². The molecule has 1 heterocycles. The first-order chi connectivity index (χ1) is 14.0. The number of nitrogens with one attached hydrogen (secondary N) is 1. The van der Waals surface area contributed by atoms with Crippen LogP contribution in [0.2, 0.25) is 0 Å². The first-order valence-corrected chi connectivity index (χ1v) is 9.64. The van der Waals surface area contributed by atoms with Gasteiger partial charge in [-0.2, -0.15) is 5.10 Å². The fraction of sp³-hybridized carbons (Fsp3) is 0.261. The van der Waals surface area contributed by atoms with Crippen LogP contribution in [0.25, 0.3) is 5.69 Å². The summed E-state index contributed by atoms with van der Waals surface area (Å²) in [7, 11) is 0. The van der Waals surface area contributed by atoms with Crippen LogP contribution in [0.15, 0.2) is 60.7 Å². The summed E-state index contributed by atoms with van der Waals surface area (Å²) in [5.41, 5.74) is 3.93. The predicted octanol–water partition coefficient (Wildman–Crippen LogP) is 4.16. The van der Waals surface area contributed by atoms with E-state index in [0.29, 0.717) is 17.8 Å². The van der Waals surface area contributed by atoms with Crippen molar-refractivity contribution in [3.8, 4) is 5.69 Å². The average molecular weight is 391 g/mol. The molecule has 0 aliphatic carbocycles. The number of hydrogen-bond donors (Lipinski definition) is 1. The number of aromatic nitrogens is 2. The smallest absolute Gasteiger partial charge is 0.313 e. The number of esters is 1. The van der Waals surface area contributed by atoms with E-state index in [1.54, 1.807) is 4.68 Å². The summed E-state index contributed by atoms with van der Waals surface area (Å²) < 4.78 is 7.05. The molecule has 0 bridgehead atoms. The maximum atomic E-state index is 12.4. The summed E-state index contributed by atoms with van der Waals surface area (Å²) in [6.07, 6.45) is 0.604. The molecule has 0 saturated heterocycles. The molecule has 0 fully saturated rings. The Bertz CT molecular complexity index is 981. The fourth-order valence-corrected chi connectivity index (χ4v) is 3.28. The van der Waals surface area contributed by atoms with Crippen LogP contribution in [0.1, 0.15) is 36.2 Å². The zero-order valence-corrected chi connectivity index (χ0v) is 16.9. The summed E-state index contributed by atoms with van der Waals surface area (Å²) in [5, 5.41) is 7.33. The van der Waals surface area contributed by atoms with E-state index in [1.165, 1.54) is 0 Å². The Kier molecular flexibility index (Phi) is 6.44. The highest BCUT2D eigenvalue weighted by Crippen LogP contribution is 2.23. The molecule has 3 aromatic rings. The second kappa shape index (κ2) is 9.19. The number of benzene rings is 2. The van der Waals surface area contributed by atoms with Crippen LogP contribution in [0.5, 0.6) is 0 Å². The van der Waals surface area contributed by atoms with Crippen molar-refractivity contribution < 1.29 is 14.3 Å². The highest BCUT2D eigenvalue weighted by molar-refractivity contribution is 5.94. The zero-order valence-electron chi connectivity index (χ0n) is 16.9. The van der Waals surface area contributed by atoms with Crippen LogP contribution >= 0.6 is 0 Å². The van der Waals surface area contributed by atoms with Crippen molar-refractivity contribution in [2.45, 2.75) is 33.1 Å². The monoisotopic (exact) mass is 391 g/mol. The molecule has 1 amide bonds. The average Bonchev–Trinajstić information content (AvgIpc) is 3.02. The van der Waals surface area contributed by atoms with Gasteiger partial charge in [0, 0.05) is 0 Å². The Hall–Kier alpha value is -3.41. The lowest BCUT2D eigenvalue weighted by Gasteiger charge is -2.14. The maximum Gasteiger partial charge on any atom is 0.313 e. The van der Waals surface area contributed by atoms with Gasteiger partial charge in [-0.15, -0.1) is 0 Å². The third-order valence-electron chi connectivity index (χ3n) is 4.80. The number of amides is 1. The maximum absolute atomic E-state index is 12.4. The Morgan fingerprint density at radius 1 is 1.03 bits per heavy atom. The number of para-hydroxylation sites is 1. The quantitative estimate of drug-likeness (QED) is 0.614. The highest BCUT2D eigenvalue weighted by atomic mass is 16.5. The lowest BCUT2D eigenvalue weighted by Crippen LogP contribution is -2.24. The molecule has 150 valence electrons. The fourth-order valence-electron chi connectivity index (χ4n) is 3.28. The van der Waals surface area contributed by atoms with Crippen molar-refractivity contribution in [1.82, 2.24) is 9.78 Å². The number of ether oxygens (including phenoxy) is 1. The topological polar surface area (TPSA) is 73.2 Å². The minimum absolute atomic E-state index is 0.336. The number of nitrogens with zero attached hydrogens (tertiary/aromatic N) is 2. The Morgan fingerprint density at radius 2 is 1.66 bits per heavy atom. The van der Waals surface area contributed by atoms with Gasteiger partial charge in [-0.3, -0.25) is 9.59 Å². The number of aryl methyl sites for hydroxylation is 1. The van der Waals surface area contributed by atoms with Crippen molar-refractivity contribution >= 4 is 17.6 Å². The predicted molar refractivity (Wildman–Crippen MR) is 112 cm³/mol. The summed E-state index contributed by atoms with van der Waals surface area (Å²) in [4.78, 5) is 24.8. The number of anilines is 1. The van der Waals surface area contributed by atoms with Crippen molar-refractivity contribution in [3.63, 3.8) is 0 Å². The molecule has 1 atom stereocenters. The van der Waals surface area contributed by atoms with E-state index in [2.05, 4.69) is 10.4 Å². The normalized spacial score (nSPS) is 11.7. The summed E-state index contributed by atoms with van der Waals surface area (Å²) >= 11 is 0. The third-order valence-corrected chi connectivity index (χ3v) is 4.80. The molecule has 0 aliphatic heterocycles. The van der Waals surface area contributed by atoms with Crippen LogP contribution < -0.4 is 5.32 Å². The minimum Gasteiger partial charge on any atom is -0.455 e. The molecule has 6 heteroatoms. The van der Waals surface area contributed by atoms with Crippen LogP contribution in [0.3, 0.4) is 0 Å². The van der Waals surface area contributed by atoms with Crippen molar-refractivity contribution in [1.29, 1.82) is 0 Å². The van der Waals surface area contributed by atoms with Crippen LogP contribution in [-0.4, -0.2) is 28.3 Å².